The second kappa shape index (κ2) is 3.99. The minimum absolute atomic E-state index is 0.0614. The Morgan fingerprint density at radius 2 is 1.43 bits per heavy atom. The molecule has 0 saturated heterocycles. The standard InChI is InChI=1S/C15H12N2O4/c1-5-4-7(17)10-12(13(5)19)15(21)9-6(16)2-3-8(18)11(9)14(10)20/h2-4,18-19H,16-17H2,1H3. The summed E-state index contributed by atoms with van der Waals surface area (Å²) in [5, 5.41) is 20.0. The number of hydrogen-bond acceptors (Lipinski definition) is 6. The van der Waals surface area contributed by atoms with Crippen molar-refractivity contribution in [3.63, 3.8) is 0 Å². The van der Waals surface area contributed by atoms with Crippen molar-refractivity contribution in [3.05, 3.63) is 46.0 Å². The van der Waals surface area contributed by atoms with Crippen molar-refractivity contribution in [2.45, 2.75) is 6.92 Å². The van der Waals surface area contributed by atoms with Crippen molar-refractivity contribution in [2.24, 2.45) is 0 Å². The van der Waals surface area contributed by atoms with Gasteiger partial charge in [0, 0.05) is 11.4 Å². The predicted octanol–water partition coefficient (Wildman–Crippen LogP) is 1.35. The summed E-state index contributed by atoms with van der Waals surface area (Å²) in [6.07, 6.45) is 0. The third-order valence-corrected chi connectivity index (χ3v) is 3.64. The smallest absolute Gasteiger partial charge is 0.200 e. The maximum atomic E-state index is 12.6. The molecule has 0 bridgehead atoms. The number of nitrogen functional groups attached to an aromatic ring is 2. The van der Waals surface area contributed by atoms with Gasteiger partial charge in [-0.05, 0) is 30.7 Å². The predicted molar refractivity (Wildman–Crippen MR) is 76.6 cm³/mol. The van der Waals surface area contributed by atoms with Crippen LogP contribution < -0.4 is 11.5 Å². The molecule has 0 atom stereocenters. The molecule has 6 heteroatoms. The molecule has 0 heterocycles. The van der Waals surface area contributed by atoms with Crippen LogP contribution in [0.5, 0.6) is 11.5 Å². The van der Waals surface area contributed by atoms with Crippen molar-refractivity contribution in [1.82, 2.24) is 0 Å². The number of ketones is 2. The topological polar surface area (TPSA) is 127 Å². The largest absolute Gasteiger partial charge is 0.507 e. The highest BCUT2D eigenvalue weighted by molar-refractivity contribution is 6.33. The van der Waals surface area contributed by atoms with Crippen molar-refractivity contribution >= 4 is 22.9 Å². The molecule has 0 fully saturated rings. The summed E-state index contributed by atoms with van der Waals surface area (Å²) in [5.41, 5.74) is 11.5. The zero-order valence-corrected chi connectivity index (χ0v) is 11.1. The van der Waals surface area contributed by atoms with Gasteiger partial charge in [-0.3, -0.25) is 9.59 Å². The highest BCUT2D eigenvalue weighted by Crippen LogP contribution is 2.42. The van der Waals surface area contributed by atoms with Gasteiger partial charge in [0.1, 0.15) is 11.5 Å². The molecule has 0 radical (unpaired) electrons. The van der Waals surface area contributed by atoms with Crippen LogP contribution in [0.1, 0.15) is 37.4 Å². The molecule has 0 aliphatic heterocycles. The molecule has 1 aliphatic rings. The fraction of sp³-hybridized carbons (Fsp3) is 0.0667. The Morgan fingerprint density at radius 3 is 2.10 bits per heavy atom. The SMILES string of the molecule is Cc1cc(N)c2c(c1O)C(=O)c1c(N)ccc(O)c1C2=O. The number of aromatic hydroxyl groups is 2. The summed E-state index contributed by atoms with van der Waals surface area (Å²) >= 11 is 0. The van der Waals surface area contributed by atoms with E-state index in [9.17, 15) is 19.8 Å². The van der Waals surface area contributed by atoms with E-state index in [1.54, 1.807) is 6.92 Å². The summed E-state index contributed by atoms with van der Waals surface area (Å²) < 4.78 is 0. The minimum atomic E-state index is -0.628. The summed E-state index contributed by atoms with van der Waals surface area (Å²) in [5.74, 6) is -1.90. The number of fused-ring (bicyclic) bond motifs is 2. The molecule has 0 aromatic heterocycles. The minimum Gasteiger partial charge on any atom is -0.507 e. The molecule has 0 amide bonds. The lowest BCUT2D eigenvalue weighted by Gasteiger charge is -2.22. The summed E-state index contributed by atoms with van der Waals surface area (Å²) in [6, 6.07) is 3.99. The van der Waals surface area contributed by atoms with Gasteiger partial charge < -0.3 is 21.7 Å². The first-order valence-corrected chi connectivity index (χ1v) is 6.17. The number of carbonyl (C=O) groups is 2. The summed E-state index contributed by atoms with van der Waals surface area (Å²) in [7, 11) is 0. The first-order valence-electron chi connectivity index (χ1n) is 6.17. The fourth-order valence-corrected chi connectivity index (χ4v) is 2.63. The molecule has 2 aromatic carbocycles. The Balaban J connectivity index is 2.47. The number of rotatable bonds is 0. The van der Waals surface area contributed by atoms with E-state index in [1.165, 1.54) is 18.2 Å². The number of hydrogen-bond donors (Lipinski definition) is 4. The Bertz CT molecular complexity index is 840. The van der Waals surface area contributed by atoms with Gasteiger partial charge in [-0.1, -0.05) is 0 Å². The van der Waals surface area contributed by atoms with Crippen LogP contribution in [0.15, 0.2) is 18.2 Å². The normalized spacial score (nSPS) is 13.0. The number of carbonyl (C=O) groups excluding carboxylic acids is 2. The second-order valence-corrected chi connectivity index (χ2v) is 4.96. The van der Waals surface area contributed by atoms with E-state index in [1.807, 2.05) is 0 Å². The van der Waals surface area contributed by atoms with Crippen LogP contribution in [0.4, 0.5) is 11.4 Å². The van der Waals surface area contributed by atoms with Gasteiger partial charge in [-0.25, -0.2) is 0 Å². The molecule has 0 saturated carbocycles. The molecule has 1 aliphatic carbocycles. The van der Waals surface area contributed by atoms with Gasteiger partial charge in [0.15, 0.2) is 0 Å². The van der Waals surface area contributed by atoms with Gasteiger partial charge in [0.25, 0.3) is 0 Å². The molecule has 21 heavy (non-hydrogen) atoms. The molecular formula is C15H12N2O4. The average Bonchev–Trinajstić information content (AvgIpc) is 2.42. The maximum Gasteiger partial charge on any atom is 0.200 e. The van der Waals surface area contributed by atoms with Crippen molar-refractivity contribution in [2.75, 3.05) is 11.5 Å². The number of nitrogens with two attached hydrogens (primary N) is 2. The first kappa shape index (κ1) is 13.0. The van der Waals surface area contributed by atoms with E-state index in [4.69, 9.17) is 11.5 Å². The van der Waals surface area contributed by atoms with E-state index >= 15 is 0 Å². The van der Waals surface area contributed by atoms with Crippen LogP contribution in [-0.4, -0.2) is 21.8 Å². The number of benzene rings is 2. The van der Waals surface area contributed by atoms with Crippen LogP contribution >= 0.6 is 0 Å². The van der Waals surface area contributed by atoms with Gasteiger partial charge in [-0.15, -0.1) is 0 Å². The van der Waals surface area contributed by atoms with E-state index in [-0.39, 0.29) is 45.1 Å². The third-order valence-electron chi connectivity index (χ3n) is 3.64. The monoisotopic (exact) mass is 284 g/mol. The highest BCUT2D eigenvalue weighted by atomic mass is 16.3. The lowest BCUT2D eigenvalue weighted by Crippen LogP contribution is -2.24. The zero-order valence-electron chi connectivity index (χ0n) is 11.1. The maximum absolute atomic E-state index is 12.6. The van der Waals surface area contributed by atoms with Crippen LogP contribution in [-0.2, 0) is 0 Å². The molecule has 2 aromatic rings. The van der Waals surface area contributed by atoms with Gasteiger partial charge in [0.2, 0.25) is 11.6 Å². The van der Waals surface area contributed by atoms with Crippen LogP contribution in [0.2, 0.25) is 0 Å². The number of phenols is 2. The highest BCUT2D eigenvalue weighted by Gasteiger charge is 2.37. The Kier molecular flexibility index (Phi) is 2.47. The molecule has 6 nitrogen and oxygen atoms in total. The molecule has 0 spiro atoms. The third kappa shape index (κ3) is 1.53. The van der Waals surface area contributed by atoms with Crippen LogP contribution in [0.3, 0.4) is 0 Å². The zero-order chi connectivity index (χ0) is 15.5. The Morgan fingerprint density at radius 1 is 0.857 bits per heavy atom. The number of aryl methyl sites for hydroxylation is 1. The van der Waals surface area contributed by atoms with E-state index in [0.717, 1.165) is 0 Å². The lowest BCUT2D eigenvalue weighted by molar-refractivity contribution is 0.0975. The Labute approximate surface area is 119 Å². The molecule has 3 rings (SSSR count). The number of phenolic OH excluding ortho intramolecular Hbond substituents is 2. The average molecular weight is 284 g/mol. The van der Waals surface area contributed by atoms with Crippen molar-refractivity contribution in [3.8, 4) is 11.5 Å². The van der Waals surface area contributed by atoms with Crippen LogP contribution in [0, 0.1) is 6.92 Å². The quantitative estimate of drug-likeness (QED) is 0.364. The second-order valence-electron chi connectivity index (χ2n) is 4.96. The number of anilines is 2. The van der Waals surface area contributed by atoms with Crippen molar-refractivity contribution < 1.29 is 19.8 Å². The summed E-state index contributed by atoms with van der Waals surface area (Å²) in [4.78, 5) is 25.1. The van der Waals surface area contributed by atoms with E-state index < -0.39 is 11.6 Å². The first-order chi connectivity index (χ1) is 9.84. The van der Waals surface area contributed by atoms with Gasteiger partial charge in [-0.2, -0.15) is 0 Å². The fourth-order valence-electron chi connectivity index (χ4n) is 2.63. The summed E-state index contributed by atoms with van der Waals surface area (Å²) in [6.45, 7) is 1.57. The molecule has 0 unspecified atom stereocenters. The van der Waals surface area contributed by atoms with Gasteiger partial charge in [0.05, 0.1) is 22.3 Å². The Hall–Kier alpha value is -3.02. The molecular weight excluding hydrogens is 272 g/mol. The van der Waals surface area contributed by atoms with Gasteiger partial charge >= 0.3 is 0 Å². The van der Waals surface area contributed by atoms with E-state index in [0.29, 0.717) is 5.56 Å². The van der Waals surface area contributed by atoms with Crippen molar-refractivity contribution in [1.29, 1.82) is 0 Å². The van der Waals surface area contributed by atoms with Crippen LogP contribution in [0.25, 0.3) is 0 Å². The molecule has 106 valence electrons. The van der Waals surface area contributed by atoms with E-state index in [2.05, 4.69) is 0 Å². The lowest BCUT2D eigenvalue weighted by atomic mass is 9.80. The molecule has 6 N–H and O–H groups in total.